The summed E-state index contributed by atoms with van der Waals surface area (Å²) in [6, 6.07) is 0. The summed E-state index contributed by atoms with van der Waals surface area (Å²) in [7, 11) is 0. The SMILES string of the molecule is CC1CN(CCC2CCCO2)CC(CBr)O1. The van der Waals surface area contributed by atoms with E-state index >= 15 is 0 Å². The van der Waals surface area contributed by atoms with Gasteiger partial charge in [-0.3, -0.25) is 4.90 Å². The lowest BCUT2D eigenvalue weighted by atomic mass is 10.1. The van der Waals surface area contributed by atoms with Crippen molar-refractivity contribution in [3.8, 4) is 0 Å². The van der Waals surface area contributed by atoms with Gasteiger partial charge in [-0.05, 0) is 26.2 Å². The van der Waals surface area contributed by atoms with Crippen molar-refractivity contribution >= 4 is 15.9 Å². The van der Waals surface area contributed by atoms with E-state index in [0.717, 1.165) is 31.6 Å². The molecule has 0 amide bonds. The van der Waals surface area contributed by atoms with Gasteiger partial charge in [0.05, 0.1) is 18.3 Å². The maximum absolute atomic E-state index is 5.82. The molecule has 0 bridgehead atoms. The number of alkyl halides is 1. The standard InChI is InChI=1S/C12H22BrNO2/c1-10-8-14(9-12(7-13)16-10)5-4-11-3-2-6-15-11/h10-12H,2-9H2,1H3. The van der Waals surface area contributed by atoms with Gasteiger partial charge in [0.2, 0.25) is 0 Å². The Kier molecular flexibility index (Phi) is 5.07. The molecule has 2 saturated heterocycles. The maximum Gasteiger partial charge on any atom is 0.0802 e. The highest BCUT2D eigenvalue weighted by Gasteiger charge is 2.25. The normalized spacial score (nSPS) is 36.8. The summed E-state index contributed by atoms with van der Waals surface area (Å²) in [5.41, 5.74) is 0. The van der Waals surface area contributed by atoms with E-state index in [1.165, 1.54) is 19.3 Å². The zero-order chi connectivity index (χ0) is 11.4. The Bertz CT molecular complexity index is 209. The van der Waals surface area contributed by atoms with Gasteiger partial charge in [-0.25, -0.2) is 0 Å². The minimum Gasteiger partial charge on any atom is -0.378 e. The van der Waals surface area contributed by atoms with E-state index in [4.69, 9.17) is 9.47 Å². The molecule has 3 atom stereocenters. The van der Waals surface area contributed by atoms with Gasteiger partial charge >= 0.3 is 0 Å². The molecule has 0 aromatic rings. The van der Waals surface area contributed by atoms with E-state index in [1.807, 2.05) is 0 Å². The molecular weight excluding hydrogens is 270 g/mol. The number of rotatable bonds is 4. The molecule has 0 aromatic heterocycles. The predicted octanol–water partition coefficient (Wildman–Crippen LogP) is 2.04. The molecule has 2 fully saturated rings. The average molecular weight is 292 g/mol. The molecule has 0 saturated carbocycles. The zero-order valence-electron chi connectivity index (χ0n) is 10.0. The van der Waals surface area contributed by atoms with E-state index in [2.05, 4.69) is 27.8 Å². The summed E-state index contributed by atoms with van der Waals surface area (Å²) < 4.78 is 11.5. The highest BCUT2D eigenvalue weighted by Crippen LogP contribution is 2.18. The number of ether oxygens (including phenoxy) is 2. The molecule has 2 heterocycles. The van der Waals surface area contributed by atoms with Crippen LogP contribution in [0.4, 0.5) is 0 Å². The summed E-state index contributed by atoms with van der Waals surface area (Å²) in [6.07, 6.45) is 4.91. The first kappa shape index (κ1) is 12.8. The molecule has 2 aliphatic heterocycles. The Hall–Kier alpha value is 0.360. The van der Waals surface area contributed by atoms with Gasteiger partial charge in [-0.2, -0.15) is 0 Å². The van der Waals surface area contributed by atoms with Crippen LogP contribution in [0.25, 0.3) is 0 Å². The topological polar surface area (TPSA) is 21.7 Å². The lowest BCUT2D eigenvalue weighted by Crippen LogP contribution is -2.47. The number of hydrogen-bond acceptors (Lipinski definition) is 3. The largest absolute Gasteiger partial charge is 0.378 e. The molecule has 2 rings (SSSR count). The van der Waals surface area contributed by atoms with Crippen LogP contribution in [0.1, 0.15) is 26.2 Å². The third-order valence-corrected chi connectivity index (χ3v) is 4.09. The molecule has 3 unspecified atom stereocenters. The van der Waals surface area contributed by atoms with Crippen LogP contribution in [0, 0.1) is 0 Å². The molecule has 3 nitrogen and oxygen atoms in total. The number of morpholine rings is 1. The molecule has 0 spiro atoms. The highest BCUT2D eigenvalue weighted by atomic mass is 79.9. The number of halogens is 1. The van der Waals surface area contributed by atoms with E-state index in [1.54, 1.807) is 0 Å². The summed E-state index contributed by atoms with van der Waals surface area (Å²) in [5.74, 6) is 0. The average Bonchev–Trinajstić information content (AvgIpc) is 2.78. The van der Waals surface area contributed by atoms with Crippen molar-refractivity contribution in [1.29, 1.82) is 0 Å². The van der Waals surface area contributed by atoms with Crippen molar-refractivity contribution in [1.82, 2.24) is 4.90 Å². The van der Waals surface area contributed by atoms with E-state index < -0.39 is 0 Å². The Morgan fingerprint density at radius 1 is 1.31 bits per heavy atom. The predicted molar refractivity (Wildman–Crippen MR) is 68.2 cm³/mol. The molecule has 0 radical (unpaired) electrons. The zero-order valence-corrected chi connectivity index (χ0v) is 11.6. The fourth-order valence-corrected chi connectivity index (χ4v) is 2.96. The highest BCUT2D eigenvalue weighted by molar-refractivity contribution is 9.09. The van der Waals surface area contributed by atoms with Crippen molar-refractivity contribution < 1.29 is 9.47 Å². The molecular formula is C12H22BrNO2. The lowest BCUT2D eigenvalue weighted by molar-refractivity contribution is -0.0679. The first-order chi connectivity index (χ1) is 7.78. The van der Waals surface area contributed by atoms with Crippen LogP contribution in [-0.4, -0.2) is 54.8 Å². The van der Waals surface area contributed by atoms with Crippen LogP contribution >= 0.6 is 15.9 Å². The molecule has 4 heteroatoms. The van der Waals surface area contributed by atoms with E-state index in [-0.39, 0.29) is 0 Å². The monoisotopic (exact) mass is 291 g/mol. The van der Waals surface area contributed by atoms with Crippen molar-refractivity contribution in [2.45, 2.75) is 44.5 Å². The first-order valence-corrected chi connectivity index (χ1v) is 7.45. The Morgan fingerprint density at radius 2 is 2.19 bits per heavy atom. The Balaban J connectivity index is 1.71. The van der Waals surface area contributed by atoms with Crippen molar-refractivity contribution in [3.63, 3.8) is 0 Å². The van der Waals surface area contributed by atoms with Crippen LogP contribution in [0.5, 0.6) is 0 Å². The van der Waals surface area contributed by atoms with Crippen LogP contribution in [0.15, 0.2) is 0 Å². The van der Waals surface area contributed by atoms with Gasteiger partial charge in [-0.1, -0.05) is 15.9 Å². The number of nitrogens with zero attached hydrogens (tertiary/aromatic N) is 1. The van der Waals surface area contributed by atoms with Gasteiger partial charge in [0, 0.05) is 31.6 Å². The smallest absolute Gasteiger partial charge is 0.0802 e. The molecule has 16 heavy (non-hydrogen) atoms. The molecule has 0 N–H and O–H groups in total. The second kappa shape index (κ2) is 6.34. The first-order valence-electron chi connectivity index (χ1n) is 6.33. The quantitative estimate of drug-likeness (QED) is 0.740. The van der Waals surface area contributed by atoms with Gasteiger partial charge in [0.25, 0.3) is 0 Å². The van der Waals surface area contributed by atoms with E-state index in [9.17, 15) is 0 Å². The molecule has 2 aliphatic rings. The third kappa shape index (κ3) is 3.69. The summed E-state index contributed by atoms with van der Waals surface area (Å²) in [5, 5.41) is 0.938. The number of hydrogen-bond donors (Lipinski definition) is 0. The Morgan fingerprint density at radius 3 is 2.88 bits per heavy atom. The van der Waals surface area contributed by atoms with Crippen molar-refractivity contribution in [2.75, 3.05) is 31.6 Å². The van der Waals surface area contributed by atoms with Gasteiger partial charge in [-0.15, -0.1) is 0 Å². The Labute approximate surface area is 107 Å². The summed E-state index contributed by atoms with van der Waals surface area (Å²) >= 11 is 3.51. The fourth-order valence-electron chi connectivity index (χ4n) is 2.61. The van der Waals surface area contributed by atoms with Crippen LogP contribution in [0.2, 0.25) is 0 Å². The second-order valence-corrected chi connectivity index (χ2v) is 5.55. The minimum atomic E-state index is 0.355. The van der Waals surface area contributed by atoms with Crippen LogP contribution < -0.4 is 0 Å². The van der Waals surface area contributed by atoms with Gasteiger partial charge in [0.15, 0.2) is 0 Å². The molecule has 94 valence electrons. The molecule has 0 aliphatic carbocycles. The maximum atomic E-state index is 5.82. The second-order valence-electron chi connectivity index (χ2n) is 4.91. The lowest BCUT2D eigenvalue weighted by Gasteiger charge is -2.36. The third-order valence-electron chi connectivity index (χ3n) is 3.37. The van der Waals surface area contributed by atoms with Crippen LogP contribution in [-0.2, 0) is 9.47 Å². The van der Waals surface area contributed by atoms with Gasteiger partial charge < -0.3 is 9.47 Å². The van der Waals surface area contributed by atoms with E-state index in [0.29, 0.717) is 18.3 Å². The summed E-state index contributed by atoms with van der Waals surface area (Å²) in [6.45, 7) is 6.41. The van der Waals surface area contributed by atoms with Crippen LogP contribution in [0.3, 0.4) is 0 Å². The van der Waals surface area contributed by atoms with Gasteiger partial charge in [0.1, 0.15) is 0 Å². The summed E-state index contributed by atoms with van der Waals surface area (Å²) in [4.78, 5) is 2.52. The molecule has 0 aromatic carbocycles. The van der Waals surface area contributed by atoms with Crippen molar-refractivity contribution in [3.05, 3.63) is 0 Å². The fraction of sp³-hybridized carbons (Fsp3) is 1.00. The minimum absolute atomic E-state index is 0.355. The van der Waals surface area contributed by atoms with Crippen molar-refractivity contribution in [2.24, 2.45) is 0 Å².